The van der Waals surface area contributed by atoms with Crippen LogP contribution >= 0.6 is 11.6 Å². The van der Waals surface area contributed by atoms with Gasteiger partial charge in [0.1, 0.15) is 6.54 Å². The summed E-state index contributed by atoms with van der Waals surface area (Å²) in [5, 5.41) is 10.6. The van der Waals surface area contributed by atoms with Gasteiger partial charge in [0, 0.05) is 17.8 Å². The summed E-state index contributed by atoms with van der Waals surface area (Å²) >= 11 is 6.25. The average Bonchev–Trinajstić information content (AvgIpc) is 2.71. The lowest BCUT2D eigenvalue weighted by molar-refractivity contribution is -0.137. The monoisotopic (exact) mass is 394 g/mol. The molecule has 0 atom stereocenters. The number of benzene rings is 2. The van der Waals surface area contributed by atoms with Crippen LogP contribution in [-0.4, -0.2) is 27.7 Å². The summed E-state index contributed by atoms with van der Waals surface area (Å²) in [6.45, 7) is -0.343. The predicted molar refractivity (Wildman–Crippen MR) is 108 cm³/mol. The van der Waals surface area contributed by atoms with Crippen molar-refractivity contribution in [1.82, 2.24) is 9.55 Å². The second kappa shape index (κ2) is 6.98. The Morgan fingerprint density at radius 2 is 1.82 bits per heavy atom. The number of ether oxygens (including phenoxy) is 1. The second-order valence-electron chi connectivity index (χ2n) is 6.25. The van der Waals surface area contributed by atoms with Crippen molar-refractivity contribution in [1.29, 1.82) is 0 Å². The number of hydrogen-bond donors (Lipinski definition) is 1. The van der Waals surface area contributed by atoms with E-state index in [1.807, 2.05) is 18.2 Å². The molecule has 0 aliphatic heterocycles. The third-order valence-corrected chi connectivity index (χ3v) is 4.94. The molecule has 0 aliphatic rings. The van der Waals surface area contributed by atoms with Crippen molar-refractivity contribution in [3.8, 4) is 16.9 Å². The van der Waals surface area contributed by atoms with Crippen molar-refractivity contribution < 1.29 is 14.6 Å². The molecule has 2 heterocycles. The van der Waals surface area contributed by atoms with Crippen molar-refractivity contribution in [2.45, 2.75) is 6.54 Å². The summed E-state index contributed by atoms with van der Waals surface area (Å²) in [5.74, 6) is -0.767. The van der Waals surface area contributed by atoms with Crippen LogP contribution in [0.5, 0.6) is 5.75 Å². The summed E-state index contributed by atoms with van der Waals surface area (Å²) in [6.07, 6.45) is 3.35. The van der Waals surface area contributed by atoms with E-state index in [0.717, 1.165) is 11.1 Å². The van der Waals surface area contributed by atoms with Gasteiger partial charge in [0.25, 0.3) is 0 Å². The minimum atomic E-state index is -1.04. The van der Waals surface area contributed by atoms with Gasteiger partial charge in [-0.3, -0.25) is 14.6 Å². The molecule has 0 radical (unpaired) electrons. The summed E-state index contributed by atoms with van der Waals surface area (Å²) in [5.41, 5.74) is 2.40. The molecule has 0 fully saturated rings. The van der Waals surface area contributed by atoms with Gasteiger partial charge in [-0.05, 0) is 47.5 Å². The fraction of sp³-hybridized carbons (Fsp3) is 0.0952. The number of halogens is 1. The first-order valence-corrected chi connectivity index (χ1v) is 8.84. The standard InChI is InChI=1S/C21H15ClN2O4/c1-28-21-16(22)5-4-15-19(21)24(11-18(25)26)17-10-13(2-3-14(17)20(15)27)12-6-8-23-9-7-12/h2-10H,11H2,1H3,(H,25,26). The molecule has 4 aromatic rings. The van der Waals surface area contributed by atoms with Gasteiger partial charge in [-0.1, -0.05) is 17.7 Å². The van der Waals surface area contributed by atoms with E-state index in [-0.39, 0.29) is 17.7 Å². The number of nitrogens with zero attached hydrogens (tertiary/aromatic N) is 2. The molecule has 0 spiro atoms. The van der Waals surface area contributed by atoms with Crippen LogP contribution in [0.15, 0.2) is 59.7 Å². The lowest BCUT2D eigenvalue weighted by Crippen LogP contribution is -2.16. The van der Waals surface area contributed by atoms with Crippen LogP contribution in [-0.2, 0) is 11.3 Å². The van der Waals surface area contributed by atoms with Gasteiger partial charge in [0.15, 0.2) is 11.2 Å². The van der Waals surface area contributed by atoms with E-state index >= 15 is 0 Å². The van der Waals surface area contributed by atoms with E-state index in [2.05, 4.69) is 4.98 Å². The normalized spacial score (nSPS) is 11.1. The Morgan fingerprint density at radius 3 is 2.50 bits per heavy atom. The highest BCUT2D eigenvalue weighted by Crippen LogP contribution is 2.34. The minimum Gasteiger partial charge on any atom is -0.493 e. The quantitative estimate of drug-likeness (QED) is 0.530. The molecule has 2 aromatic carbocycles. The molecule has 0 unspecified atom stereocenters. The summed E-state index contributed by atoms with van der Waals surface area (Å²) in [4.78, 5) is 28.7. The fourth-order valence-corrected chi connectivity index (χ4v) is 3.66. The maximum absolute atomic E-state index is 13.1. The first-order chi connectivity index (χ1) is 13.5. The van der Waals surface area contributed by atoms with Gasteiger partial charge in [-0.25, -0.2) is 0 Å². The van der Waals surface area contributed by atoms with Gasteiger partial charge >= 0.3 is 5.97 Å². The van der Waals surface area contributed by atoms with E-state index in [4.69, 9.17) is 16.3 Å². The van der Waals surface area contributed by atoms with E-state index < -0.39 is 5.97 Å². The minimum absolute atomic E-state index is 0.206. The number of hydrogen-bond acceptors (Lipinski definition) is 4. The number of carbonyl (C=O) groups is 1. The Hall–Kier alpha value is -3.38. The van der Waals surface area contributed by atoms with E-state index in [1.54, 1.807) is 41.2 Å². The first kappa shape index (κ1) is 18.0. The zero-order valence-electron chi connectivity index (χ0n) is 14.8. The first-order valence-electron chi connectivity index (χ1n) is 8.46. The van der Waals surface area contributed by atoms with Crippen molar-refractivity contribution in [2.75, 3.05) is 7.11 Å². The van der Waals surface area contributed by atoms with Crippen molar-refractivity contribution in [3.05, 3.63) is 70.1 Å². The maximum Gasteiger partial charge on any atom is 0.323 e. The number of pyridine rings is 2. The van der Waals surface area contributed by atoms with Crippen LogP contribution in [0.3, 0.4) is 0 Å². The zero-order chi connectivity index (χ0) is 19.8. The van der Waals surface area contributed by atoms with E-state index in [0.29, 0.717) is 26.8 Å². The van der Waals surface area contributed by atoms with Crippen LogP contribution in [0, 0.1) is 0 Å². The molecule has 0 bridgehead atoms. The molecule has 140 valence electrons. The molecular formula is C21H15ClN2O4. The predicted octanol–water partition coefficient (Wildman–Crippen LogP) is 3.96. The molecule has 7 heteroatoms. The molecule has 0 aliphatic carbocycles. The smallest absolute Gasteiger partial charge is 0.323 e. The Balaban J connectivity index is 2.18. The van der Waals surface area contributed by atoms with E-state index in [9.17, 15) is 14.7 Å². The highest BCUT2D eigenvalue weighted by Gasteiger charge is 2.19. The molecule has 6 nitrogen and oxygen atoms in total. The van der Waals surface area contributed by atoms with Crippen LogP contribution in [0.4, 0.5) is 0 Å². The SMILES string of the molecule is COc1c(Cl)ccc2c(=O)c3ccc(-c4ccncc4)cc3n(CC(=O)O)c12. The van der Waals surface area contributed by atoms with Gasteiger partial charge < -0.3 is 14.4 Å². The lowest BCUT2D eigenvalue weighted by Gasteiger charge is -2.17. The highest BCUT2D eigenvalue weighted by atomic mass is 35.5. The number of fused-ring (bicyclic) bond motifs is 2. The Bertz CT molecular complexity index is 1280. The molecule has 28 heavy (non-hydrogen) atoms. The number of rotatable bonds is 4. The lowest BCUT2D eigenvalue weighted by atomic mass is 10.0. The molecule has 4 rings (SSSR count). The molecule has 1 N–H and O–H groups in total. The number of aromatic nitrogens is 2. The van der Waals surface area contributed by atoms with Crippen LogP contribution < -0.4 is 10.2 Å². The zero-order valence-corrected chi connectivity index (χ0v) is 15.6. The van der Waals surface area contributed by atoms with Gasteiger partial charge in [0.2, 0.25) is 0 Å². The van der Waals surface area contributed by atoms with Gasteiger partial charge in [0.05, 0.1) is 28.6 Å². The Morgan fingerprint density at radius 1 is 1.11 bits per heavy atom. The van der Waals surface area contributed by atoms with Crippen LogP contribution in [0.25, 0.3) is 32.9 Å². The molecular weight excluding hydrogens is 380 g/mol. The molecule has 0 amide bonds. The molecule has 0 saturated heterocycles. The van der Waals surface area contributed by atoms with Crippen molar-refractivity contribution in [3.63, 3.8) is 0 Å². The number of carboxylic acids is 1. The summed E-state index contributed by atoms with van der Waals surface area (Å²) < 4.78 is 6.97. The Kier molecular flexibility index (Phi) is 4.49. The third-order valence-electron chi connectivity index (χ3n) is 4.64. The van der Waals surface area contributed by atoms with Crippen molar-refractivity contribution >= 4 is 39.4 Å². The Labute approximate surface area is 164 Å². The second-order valence-corrected chi connectivity index (χ2v) is 6.66. The van der Waals surface area contributed by atoms with Gasteiger partial charge in [-0.2, -0.15) is 0 Å². The third kappa shape index (κ3) is 2.88. The maximum atomic E-state index is 13.1. The number of aliphatic carboxylic acids is 1. The van der Waals surface area contributed by atoms with E-state index in [1.165, 1.54) is 7.11 Å². The van der Waals surface area contributed by atoms with Gasteiger partial charge in [-0.15, -0.1) is 0 Å². The van der Waals surface area contributed by atoms with Crippen LogP contribution in [0.1, 0.15) is 0 Å². The molecule has 0 saturated carbocycles. The molecule has 2 aromatic heterocycles. The number of methoxy groups -OCH3 is 1. The fourth-order valence-electron chi connectivity index (χ4n) is 3.43. The average molecular weight is 395 g/mol. The summed E-state index contributed by atoms with van der Waals surface area (Å²) in [6, 6.07) is 12.2. The highest BCUT2D eigenvalue weighted by molar-refractivity contribution is 6.33. The van der Waals surface area contributed by atoms with Crippen LogP contribution in [0.2, 0.25) is 5.02 Å². The topological polar surface area (TPSA) is 81.4 Å². The summed E-state index contributed by atoms with van der Waals surface area (Å²) in [7, 11) is 1.44. The largest absolute Gasteiger partial charge is 0.493 e. The number of carboxylic acid groups (broad SMARTS) is 1. The van der Waals surface area contributed by atoms with Crippen molar-refractivity contribution in [2.24, 2.45) is 0 Å².